The van der Waals surface area contributed by atoms with Crippen molar-refractivity contribution in [2.75, 3.05) is 13.2 Å². The molecule has 1 aliphatic heterocycles. The molecule has 0 saturated carbocycles. The number of rotatable bonds is 2. The van der Waals surface area contributed by atoms with Gasteiger partial charge >= 0.3 is 0 Å². The second-order valence-electron chi connectivity index (χ2n) is 4.66. The molecule has 0 bridgehead atoms. The quantitative estimate of drug-likeness (QED) is 0.911. The zero-order valence-corrected chi connectivity index (χ0v) is 11.8. The maximum absolute atomic E-state index is 6.43. The molecule has 3 rings (SSSR count). The van der Waals surface area contributed by atoms with Crippen LogP contribution in [0.15, 0.2) is 29.6 Å². The third-order valence-electron chi connectivity index (χ3n) is 3.64. The highest BCUT2D eigenvalue weighted by Gasteiger charge is 2.24. The maximum Gasteiger partial charge on any atom is 0.0469 e. The summed E-state index contributed by atoms with van der Waals surface area (Å²) in [5.74, 6) is 0.571. The lowest BCUT2D eigenvalue weighted by molar-refractivity contribution is 0.0585. The second kappa shape index (κ2) is 6.02. The highest BCUT2D eigenvalue weighted by Crippen LogP contribution is 2.35. The standard InChI is InChI=1S/C14H17NOS.ClH/c15-14(10-5-7-16-8-6-10)12-9-17-13-4-2-1-3-11(12)13;/h1-4,9-10,14H,5-8,15H2;1H/t14-;/m0./s1. The van der Waals surface area contributed by atoms with E-state index in [-0.39, 0.29) is 18.4 Å². The molecule has 1 aromatic heterocycles. The molecule has 0 spiro atoms. The molecule has 18 heavy (non-hydrogen) atoms. The maximum atomic E-state index is 6.43. The second-order valence-corrected chi connectivity index (χ2v) is 5.57. The number of nitrogens with two attached hydrogens (primary N) is 1. The zero-order chi connectivity index (χ0) is 11.7. The molecule has 1 aliphatic rings. The first-order valence-corrected chi connectivity index (χ1v) is 7.03. The van der Waals surface area contributed by atoms with Gasteiger partial charge in [0.1, 0.15) is 0 Å². The molecule has 0 aliphatic carbocycles. The average Bonchev–Trinajstić information content (AvgIpc) is 2.83. The summed E-state index contributed by atoms with van der Waals surface area (Å²) in [6.07, 6.45) is 2.18. The smallest absolute Gasteiger partial charge is 0.0469 e. The summed E-state index contributed by atoms with van der Waals surface area (Å²) in [5.41, 5.74) is 7.75. The minimum absolute atomic E-state index is 0. The predicted octanol–water partition coefficient (Wildman–Crippen LogP) is 3.75. The fourth-order valence-electron chi connectivity index (χ4n) is 2.59. The first kappa shape index (κ1) is 13.8. The molecule has 2 N–H and O–H groups in total. The lowest BCUT2D eigenvalue weighted by Crippen LogP contribution is -2.27. The van der Waals surface area contributed by atoms with Gasteiger partial charge in [0.2, 0.25) is 0 Å². The van der Waals surface area contributed by atoms with Gasteiger partial charge in [-0.15, -0.1) is 23.7 Å². The van der Waals surface area contributed by atoms with Crippen molar-refractivity contribution in [2.45, 2.75) is 18.9 Å². The Hall–Kier alpha value is -0.610. The average molecular weight is 284 g/mol. The van der Waals surface area contributed by atoms with Crippen LogP contribution in [0.4, 0.5) is 0 Å². The number of thiophene rings is 1. The van der Waals surface area contributed by atoms with Crippen molar-refractivity contribution in [2.24, 2.45) is 11.7 Å². The summed E-state index contributed by atoms with van der Waals surface area (Å²) in [5, 5.41) is 3.56. The van der Waals surface area contributed by atoms with Gasteiger partial charge in [-0.2, -0.15) is 0 Å². The Morgan fingerprint density at radius 1 is 1.22 bits per heavy atom. The molecule has 98 valence electrons. The molecule has 1 aromatic carbocycles. The molecular formula is C14H18ClNOS. The molecule has 2 heterocycles. The van der Waals surface area contributed by atoms with Crippen LogP contribution in [0.2, 0.25) is 0 Å². The van der Waals surface area contributed by atoms with Gasteiger partial charge in [0.25, 0.3) is 0 Å². The topological polar surface area (TPSA) is 35.2 Å². The predicted molar refractivity (Wildman–Crippen MR) is 79.5 cm³/mol. The number of fused-ring (bicyclic) bond motifs is 1. The highest BCUT2D eigenvalue weighted by molar-refractivity contribution is 7.17. The molecule has 4 heteroatoms. The molecule has 0 amide bonds. The van der Waals surface area contributed by atoms with Crippen molar-refractivity contribution in [3.05, 3.63) is 35.2 Å². The van der Waals surface area contributed by atoms with E-state index in [4.69, 9.17) is 10.5 Å². The summed E-state index contributed by atoms with van der Waals surface area (Å²) < 4.78 is 6.74. The van der Waals surface area contributed by atoms with Crippen molar-refractivity contribution in [3.63, 3.8) is 0 Å². The number of halogens is 1. The number of benzene rings is 1. The number of ether oxygens (including phenoxy) is 1. The van der Waals surface area contributed by atoms with E-state index in [1.807, 2.05) is 0 Å². The van der Waals surface area contributed by atoms with E-state index < -0.39 is 0 Å². The summed E-state index contributed by atoms with van der Waals surface area (Å²) in [4.78, 5) is 0. The fourth-order valence-corrected chi connectivity index (χ4v) is 3.59. The molecule has 1 fully saturated rings. The molecule has 1 saturated heterocycles. The molecule has 2 aromatic rings. The number of hydrogen-bond acceptors (Lipinski definition) is 3. The van der Waals surface area contributed by atoms with Crippen molar-refractivity contribution in [3.8, 4) is 0 Å². The van der Waals surface area contributed by atoms with Crippen molar-refractivity contribution >= 4 is 33.8 Å². The first-order valence-electron chi connectivity index (χ1n) is 6.16. The van der Waals surface area contributed by atoms with Crippen LogP contribution in [0.5, 0.6) is 0 Å². The van der Waals surface area contributed by atoms with Gasteiger partial charge < -0.3 is 10.5 Å². The minimum atomic E-state index is 0. The van der Waals surface area contributed by atoms with Gasteiger partial charge in [-0.1, -0.05) is 18.2 Å². The minimum Gasteiger partial charge on any atom is -0.381 e. The zero-order valence-electron chi connectivity index (χ0n) is 10.2. The van der Waals surface area contributed by atoms with Crippen LogP contribution in [0, 0.1) is 5.92 Å². The van der Waals surface area contributed by atoms with E-state index in [0.29, 0.717) is 5.92 Å². The van der Waals surface area contributed by atoms with E-state index in [1.54, 1.807) is 11.3 Å². The Morgan fingerprint density at radius 2 is 1.94 bits per heavy atom. The van der Waals surface area contributed by atoms with E-state index in [1.165, 1.54) is 15.6 Å². The van der Waals surface area contributed by atoms with E-state index in [0.717, 1.165) is 26.1 Å². The van der Waals surface area contributed by atoms with Gasteiger partial charge in [-0.05, 0) is 41.2 Å². The molecular weight excluding hydrogens is 266 g/mol. The first-order chi connectivity index (χ1) is 8.36. The Bertz CT molecular complexity index is 507. The lowest BCUT2D eigenvalue weighted by Gasteiger charge is -2.27. The van der Waals surface area contributed by atoms with Gasteiger partial charge in [-0.25, -0.2) is 0 Å². The highest BCUT2D eigenvalue weighted by atomic mass is 35.5. The summed E-state index contributed by atoms with van der Waals surface area (Å²) in [6.45, 7) is 1.72. The Morgan fingerprint density at radius 3 is 2.72 bits per heavy atom. The number of hydrogen-bond donors (Lipinski definition) is 1. The van der Waals surface area contributed by atoms with Crippen LogP contribution >= 0.6 is 23.7 Å². The molecule has 2 nitrogen and oxygen atoms in total. The van der Waals surface area contributed by atoms with Crippen molar-refractivity contribution in [1.29, 1.82) is 0 Å². The van der Waals surface area contributed by atoms with Gasteiger partial charge in [0.15, 0.2) is 0 Å². The summed E-state index contributed by atoms with van der Waals surface area (Å²) in [6, 6.07) is 8.69. The Labute approximate surface area is 118 Å². The van der Waals surface area contributed by atoms with Crippen LogP contribution in [0.25, 0.3) is 10.1 Å². The van der Waals surface area contributed by atoms with E-state index in [9.17, 15) is 0 Å². The fraction of sp³-hybridized carbons (Fsp3) is 0.429. The van der Waals surface area contributed by atoms with Crippen LogP contribution in [-0.4, -0.2) is 13.2 Å². The van der Waals surface area contributed by atoms with E-state index in [2.05, 4.69) is 29.6 Å². The third kappa shape index (κ3) is 2.54. The molecule has 1 atom stereocenters. The lowest BCUT2D eigenvalue weighted by atomic mass is 9.88. The summed E-state index contributed by atoms with van der Waals surface area (Å²) in [7, 11) is 0. The van der Waals surface area contributed by atoms with Gasteiger partial charge in [0.05, 0.1) is 0 Å². The molecule has 0 radical (unpaired) electrons. The largest absolute Gasteiger partial charge is 0.381 e. The van der Waals surface area contributed by atoms with Crippen LogP contribution in [-0.2, 0) is 4.74 Å². The van der Waals surface area contributed by atoms with Crippen LogP contribution < -0.4 is 5.73 Å². The molecule has 0 unspecified atom stereocenters. The SMILES string of the molecule is Cl.N[C@H](c1csc2ccccc12)C1CCOCC1. The normalized spacial score (nSPS) is 18.5. The Balaban J connectivity index is 0.00000120. The van der Waals surface area contributed by atoms with Gasteiger partial charge in [0, 0.05) is 24.0 Å². The monoisotopic (exact) mass is 283 g/mol. The van der Waals surface area contributed by atoms with Crippen LogP contribution in [0.1, 0.15) is 24.4 Å². The van der Waals surface area contributed by atoms with Crippen LogP contribution in [0.3, 0.4) is 0 Å². The van der Waals surface area contributed by atoms with Crippen molar-refractivity contribution in [1.82, 2.24) is 0 Å². The third-order valence-corrected chi connectivity index (χ3v) is 4.63. The van der Waals surface area contributed by atoms with Crippen molar-refractivity contribution < 1.29 is 4.74 Å². The van der Waals surface area contributed by atoms with Gasteiger partial charge in [-0.3, -0.25) is 0 Å². The Kier molecular flexibility index (Phi) is 4.62. The summed E-state index contributed by atoms with van der Waals surface area (Å²) >= 11 is 1.80. The van der Waals surface area contributed by atoms with E-state index >= 15 is 0 Å².